The van der Waals surface area contributed by atoms with Crippen molar-refractivity contribution in [2.45, 2.75) is 16.9 Å². The molecule has 0 amide bonds. The monoisotopic (exact) mass is 261 g/mol. The Labute approximate surface area is 113 Å². The molecular weight excluding hydrogens is 242 g/mol. The van der Waals surface area contributed by atoms with E-state index in [1.165, 1.54) is 4.90 Å². The van der Waals surface area contributed by atoms with Gasteiger partial charge in [-0.05, 0) is 32.1 Å². The van der Waals surface area contributed by atoms with E-state index in [1.807, 2.05) is 38.0 Å². The molecule has 0 saturated heterocycles. The summed E-state index contributed by atoms with van der Waals surface area (Å²) in [5.41, 5.74) is 0.639. The molecule has 1 aliphatic heterocycles. The summed E-state index contributed by atoms with van der Waals surface area (Å²) in [4.78, 5) is 3.37. The highest BCUT2D eigenvalue weighted by molar-refractivity contribution is 7.99. The lowest BCUT2D eigenvalue weighted by Gasteiger charge is -2.34. The summed E-state index contributed by atoms with van der Waals surface area (Å²) >= 11 is 1.84. The van der Waals surface area contributed by atoms with Crippen LogP contribution in [0.25, 0.3) is 0 Å². The summed E-state index contributed by atoms with van der Waals surface area (Å²) in [5, 5.41) is 13.1. The van der Waals surface area contributed by atoms with Crippen LogP contribution in [0.4, 0.5) is 0 Å². The van der Waals surface area contributed by atoms with Crippen molar-refractivity contribution < 1.29 is 0 Å². The average Bonchev–Trinajstić information content (AvgIpc) is 2.38. The number of hydrogen-bond acceptors (Lipinski definition) is 4. The lowest BCUT2D eigenvalue weighted by atomic mass is 9.88. The van der Waals surface area contributed by atoms with Crippen molar-refractivity contribution in [3.05, 3.63) is 29.8 Å². The van der Waals surface area contributed by atoms with Crippen molar-refractivity contribution in [1.82, 2.24) is 10.2 Å². The number of nitrogens with zero attached hydrogens (tertiary/aromatic N) is 2. The minimum atomic E-state index is -0.502. The third-order valence-corrected chi connectivity index (χ3v) is 4.33. The Morgan fingerprint density at radius 3 is 2.94 bits per heavy atom. The number of thioether (sulfide) groups is 1. The molecule has 4 heteroatoms. The number of nitrogens with one attached hydrogen (secondary N) is 1. The zero-order valence-electron chi connectivity index (χ0n) is 10.9. The maximum absolute atomic E-state index is 9.62. The number of nitriles is 1. The van der Waals surface area contributed by atoms with Crippen LogP contribution in [0.1, 0.15) is 12.0 Å². The zero-order valence-corrected chi connectivity index (χ0v) is 11.8. The molecule has 1 heterocycles. The highest BCUT2D eigenvalue weighted by Crippen LogP contribution is 2.39. The Balaban J connectivity index is 2.21. The highest BCUT2D eigenvalue weighted by atomic mass is 32.2. The Bertz CT molecular complexity index is 453. The average molecular weight is 261 g/mol. The Morgan fingerprint density at radius 1 is 1.44 bits per heavy atom. The van der Waals surface area contributed by atoms with Gasteiger partial charge < -0.3 is 4.90 Å². The summed E-state index contributed by atoms with van der Waals surface area (Å²) in [6, 6.07) is 10.8. The molecule has 0 aromatic heterocycles. The molecule has 2 rings (SSSR count). The van der Waals surface area contributed by atoms with Crippen LogP contribution in [0.5, 0.6) is 0 Å². The lowest BCUT2D eigenvalue weighted by molar-refractivity contribution is 0.346. The van der Waals surface area contributed by atoms with Gasteiger partial charge in [0.2, 0.25) is 0 Å². The second-order valence-electron chi connectivity index (χ2n) is 4.84. The Morgan fingerprint density at radius 2 is 2.22 bits per heavy atom. The van der Waals surface area contributed by atoms with Gasteiger partial charge in [-0.15, -0.1) is 11.8 Å². The van der Waals surface area contributed by atoms with Gasteiger partial charge in [0.15, 0.2) is 0 Å². The van der Waals surface area contributed by atoms with Crippen molar-refractivity contribution in [3.8, 4) is 6.07 Å². The van der Waals surface area contributed by atoms with E-state index in [4.69, 9.17) is 0 Å². The fraction of sp³-hybridized carbons (Fsp3) is 0.500. The van der Waals surface area contributed by atoms with Gasteiger partial charge in [0, 0.05) is 23.7 Å². The SMILES string of the molecule is CN(C)CCNC1(C#N)CCSc2ccccc21. The second-order valence-corrected chi connectivity index (χ2v) is 5.98. The van der Waals surface area contributed by atoms with Gasteiger partial charge in [0.25, 0.3) is 0 Å². The van der Waals surface area contributed by atoms with Gasteiger partial charge in [0.05, 0.1) is 6.07 Å². The van der Waals surface area contributed by atoms with E-state index in [0.717, 1.165) is 30.8 Å². The first-order valence-corrected chi connectivity index (χ1v) is 7.20. The number of fused-ring (bicyclic) bond motifs is 1. The van der Waals surface area contributed by atoms with Crippen LogP contribution in [-0.2, 0) is 5.54 Å². The van der Waals surface area contributed by atoms with E-state index < -0.39 is 5.54 Å². The normalized spacial score (nSPS) is 22.6. The van der Waals surface area contributed by atoms with Crippen molar-refractivity contribution in [3.63, 3.8) is 0 Å². The number of likely N-dealkylation sites (N-methyl/N-ethyl adjacent to an activating group) is 1. The van der Waals surface area contributed by atoms with E-state index in [2.05, 4.69) is 28.4 Å². The molecule has 0 radical (unpaired) electrons. The molecule has 1 aromatic rings. The van der Waals surface area contributed by atoms with Crippen LogP contribution in [0, 0.1) is 11.3 Å². The van der Waals surface area contributed by atoms with Crippen LogP contribution < -0.4 is 5.32 Å². The molecule has 0 bridgehead atoms. The molecule has 1 atom stereocenters. The van der Waals surface area contributed by atoms with Gasteiger partial charge in [0.1, 0.15) is 5.54 Å². The lowest BCUT2D eigenvalue weighted by Crippen LogP contribution is -2.46. The maximum Gasteiger partial charge on any atom is 0.134 e. The van der Waals surface area contributed by atoms with Crippen LogP contribution in [-0.4, -0.2) is 37.8 Å². The smallest absolute Gasteiger partial charge is 0.134 e. The molecule has 96 valence electrons. The summed E-state index contributed by atoms with van der Waals surface area (Å²) in [7, 11) is 4.09. The molecule has 3 nitrogen and oxygen atoms in total. The molecule has 0 fully saturated rings. The molecule has 0 saturated carbocycles. The third kappa shape index (κ3) is 2.69. The standard InChI is InChI=1S/C14H19N3S/c1-17(2)9-8-16-14(11-15)7-10-18-13-6-4-3-5-12(13)14/h3-6,16H,7-10H2,1-2H3. The molecule has 0 spiro atoms. The summed E-state index contributed by atoms with van der Waals surface area (Å²) in [6.07, 6.45) is 0.874. The number of benzene rings is 1. The Kier molecular flexibility index (Phi) is 4.28. The van der Waals surface area contributed by atoms with Gasteiger partial charge in [-0.2, -0.15) is 5.26 Å². The Hall–Kier alpha value is -1.02. The molecule has 1 aliphatic rings. The first-order chi connectivity index (χ1) is 8.68. The fourth-order valence-electron chi connectivity index (χ4n) is 2.23. The van der Waals surface area contributed by atoms with E-state index in [9.17, 15) is 5.26 Å². The van der Waals surface area contributed by atoms with Crippen LogP contribution in [0.2, 0.25) is 0 Å². The van der Waals surface area contributed by atoms with Crippen LogP contribution in [0.3, 0.4) is 0 Å². The van der Waals surface area contributed by atoms with Crippen molar-refractivity contribution in [2.24, 2.45) is 0 Å². The number of hydrogen-bond donors (Lipinski definition) is 1. The molecule has 1 N–H and O–H groups in total. The zero-order chi connectivity index (χ0) is 13.0. The van der Waals surface area contributed by atoms with Gasteiger partial charge in [-0.3, -0.25) is 5.32 Å². The van der Waals surface area contributed by atoms with Gasteiger partial charge in [-0.25, -0.2) is 0 Å². The van der Waals surface area contributed by atoms with E-state index in [1.54, 1.807) is 0 Å². The molecule has 1 unspecified atom stereocenters. The molecule has 1 aromatic carbocycles. The van der Waals surface area contributed by atoms with Crippen LogP contribution in [0.15, 0.2) is 29.2 Å². The van der Waals surface area contributed by atoms with Gasteiger partial charge >= 0.3 is 0 Å². The summed E-state index contributed by atoms with van der Waals surface area (Å²) < 4.78 is 0. The maximum atomic E-state index is 9.62. The summed E-state index contributed by atoms with van der Waals surface area (Å²) in [6.45, 7) is 1.78. The topological polar surface area (TPSA) is 39.1 Å². The van der Waals surface area contributed by atoms with Crippen LogP contribution >= 0.6 is 11.8 Å². The highest BCUT2D eigenvalue weighted by Gasteiger charge is 2.36. The third-order valence-electron chi connectivity index (χ3n) is 3.26. The predicted molar refractivity (Wildman–Crippen MR) is 75.6 cm³/mol. The quantitative estimate of drug-likeness (QED) is 0.900. The first-order valence-electron chi connectivity index (χ1n) is 6.21. The largest absolute Gasteiger partial charge is 0.308 e. The van der Waals surface area contributed by atoms with E-state index in [0.29, 0.717) is 0 Å². The second kappa shape index (κ2) is 5.75. The minimum Gasteiger partial charge on any atom is -0.308 e. The fourth-order valence-corrected chi connectivity index (χ4v) is 3.43. The number of rotatable bonds is 4. The molecular formula is C14H19N3S. The van der Waals surface area contributed by atoms with E-state index >= 15 is 0 Å². The predicted octanol–water partition coefficient (Wildman–Crippen LogP) is 2.05. The molecule has 18 heavy (non-hydrogen) atoms. The minimum absolute atomic E-state index is 0.502. The van der Waals surface area contributed by atoms with E-state index in [-0.39, 0.29) is 0 Å². The van der Waals surface area contributed by atoms with Gasteiger partial charge in [-0.1, -0.05) is 18.2 Å². The van der Waals surface area contributed by atoms with Crippen molar-refractivity contribution >= 4 is 11.8 Å². The summed E-state index contributed by atoms with van der Waals surface area (Å²) in [5.74, 6) is 1.000. The van der Waals surface area contributed by atoms with Crippen molar-refractivity contribution in [2.75, 3.05) is 32.9 Å². The van der Waals surface area contributed by atoms with Crippen molar-refractivity contribution in [1.29, 1.82) is 5.26 Å². The first kappa shape index (κ1) is 13.4. The molecule has 0 aliphatic carbocycles.